The molecule has 0 saturated carbocycles. The van der Waals surface area contributed by atoms with Crippen molar-refractivity contribution in [1.82, 2.24) is 9.80 Å². The number of carbonyl (C=O) groups excluding carboxylic acids is 1. The minimum absolute atomic E-state index is 0.108. The molecule has 0 aromatic heterocycles. The van der Waals surface area contributed by atoms with Crippen LogP contribution in [0.25, 0.3) is 0 Å². The van der Waals surface area contributed by atoms with Crippen LogP contribution < -0.4 is 5.32 Å². The Bertz CT molecular complexity index is 869. The van der Waals surface area contributed by atoms with Crippen molar-refractivity contribution < 1.29 is 9.18 Å². The van der Waals surface area contributed by atoms with Crippen LogP contribution in [0.15, 0.2) is 42.5 Å². The Morgan fingerprint density at radius 3 is 2.71 bits per heavy atom. The lowest BCUT2D eigenvalue weighted by Gasteiger charge is -2.31. The molecule has 2 aliphatic rings. The van der Waals surface area contributed by atoms with Gasteiger partial charge in [-0.25, -0.2) is 4.39 Å². The highest BCUT2D eigenvalue weighted by molar-refractivity contribution is 5.94. The lowest BCUT2D eigenvalue weighted by atomic mass is 10.0. The highest BCUT2D eigenvalue weighted by Crippen LogP contribution is 2.29. The Kier molecular flexibility index (Phi) is 5.36. The second-order valence-corrected chi connectivity index (χ2v) is 8.07. The molecular formula is C23H28FN3O. The highest BCUT2D eigenvalue weighted by Gasteiger charge is 2.33. The van der Waals surface area contributed by atoms with Gasteiger partial charge in [0, 0.05) is 43.0 Å². The third-order valence-corrected chi connectivity index (χ3v) is 6.27. The summed E-state index contributed by atoms with van der Waals surface area (Å²) in [4.78, 5) is 17.6. The van der Waals surface area contributed by atoms with Crippen molar-refractivity contribution in [3.63, 3.8) is 0 Å². The Morgan fingerprint density at radius 1 is 1.11 bits per heavy atom. The summed E-state index contributed by atoms with van der Waals surface area (Å²) in [6.45, 7) is 4.21. The van der Waals surface area contributed by atoms with Crippen LogP contribution >= 0.6 is 0 Å². The van der Waals surface area contributed by atoms with Gasteiger partial charge in [0.1, 0.15) is 5.82 Å². The van der Waals surface area contributed by atoms with Crippen LogP contribution in [0.3, 0.4) is 0 Å². The van der Waals surface area contributed by atoms with Gasteiger partial charge in [-0.1, -0.05) is 24.3 Å². The fourth-order valence-electron chi connectivity index (χ4n) is 4.62. The molecule has 0 aliphatic carbocycles. The van der Waals surface area contributed by atoms with Crippen molar-refractivity contribution in [3.8, 4) is 0 Å². The number of amides is 1. The van der Waals surface area contributed by atoms with Gasteiger partial charge < -0.3 is 10.2 Å². The van der Waals surface area contributed by atoms with Gasteiger partial charge >= 0.3 is 0 Å². The molecule has 2 aromatic carbocycles. The number of aryl methyl sites for hydroxylation is 1. The summed E-state index contributed by atoms with van der Waals surface area (Å²) >= 11 is 0. The van der Waals surface area contributed by atoms with Gasteiger partial charge in [0.05, 0.1) is 0 Å². The van der Waals surface area contributed by atoms with Gasteiger partial charge in [0.2, 0.25) is 0 Å². The lowest BCUT2D eigenvalue weighted by molar-refractivity contribution is 0.0689. The molecule has 28 heavy (non-hydrogen) atoms. The summed E-state index contributed by atoms with van der Waals surface area (Å²) in [6, 6.07) is 13.1. The molecule has 5 heteroatoms. The molecular weight excluding hydrogens is 353 g/mol. The number of rotatable bonds is 1. The quantitative estimate of drug-likeness (QED) is 0.809. The number of carbonyl (C=O) groups is 1. The van der Waals surface area contributed by atoms with E-state index in [4.69, 9.17) is 0 Å². The van der Waals surface area contributed by atoms with Crippen LogP contribution in [0.2, 0.25) is 0 Å². The minimum Gasteiger partial charge on any atom is -0.384 e. The first-order valence-corrected chi connectivity index (χ1v) is 10.1. The summed E-state index contributed by atoms with van der Waals surface area (Å²) in [6.07, 6.45) is 3.35. The van der Waals surface area contributed by atoms with E-state index in [1.54, 1.807) is 12.1 Å². The van der Waals surface area contributed by atoms with E-state index in [-0.39, 0.29) is 11.7 Å². The van der Waals surface area contributed by atoms with Crippen molar-refractivity contribution >= 4 is 11.6 Å². The Balaban J connectivity index is 1.70. The van der Waals surface area contributed by atoms with Crippen molar-refractivity contribution in [1.29, 1.82) is 0 Å². The third kappa shape index (κ3) is 3.76. The molecule has 2 heterocycles. The average Bonchev–Trinajstić information content (AvgIpc) is 3.00. The zero-order valence-electron chi connectivity index (χ0n) is 16.6. The maximum Gasteiger partial charge on any atom is 0.254 e. The van der Waals surface area contributed by atoms with Crippen LogP contribution in [0.5, 0.6) is 0 Å². The van der Waals surface area contributed by atoms with Gasteiger partial charge in [-0.2, -0.15) is 0 Å². The minimum atomic E-state index is -0.375. The van der Waals surface area contributed by atoms with E-state index in [0.29, 0.717) is 30.7 Å². The van der Waals surface area contributed by atoms with E-state index in [9.17, 15) is 9.18 Å². The molecule has 0 radical (unpaired) electrons. The van der Waals surface area contributed by atoms with Crippen LogP contribution in [0.1, 0.15) is 40.7 Å². The predicted octanol–water partition coefficient (Wildman–Crippen LogP) is 4.05. The number of benzene rings is 2. The summed E-state index contributed by atoms with van der Waals surface area (Å²) in [7, 11) is 2.17. The maximum absolute atomic E-state index is 13.7. The fraction of sp³-hybridized carbons (Fsp3) is 0.435. The number of hydrogen-bond donors (Lipinski definition) is 1. The first-order chi connectivity index (χ1) is 13.5. The van der Waals surface area contributed by atoms with Gasteiger partial charge in [-0.15, -0.1) is 0 Å². The molecule has 2 aromatic rings. The van der Waals surface area contributed by atoms with Crippen LogP contribution in [0.4, 0.5) is 10.1 Å². The molecule has 1 amide bonds. The van der Waals surface area contributed by atoms with E-state index in [2.05, 4.69) is 36.3 Å². The van der Waals surface area contributed by atoms with Gasteiger partial charge in [0.15, 0.2) is 0 Å². The number of fused-ring (bicyclic) bond motifs is 3. The molecule has 2 atom stereocenters. The van der Waals surface area contributed by atoms with Crippen molar-refractivity contribution in [2.45, 2.75) is 44.8 Å². The summed E-state index contributed by atoms with van der Waals surface area (Å²) in [5.41, 5.74) is 3.84. The van der Waals surface area contributed by atoms with Crippen LogP contribution in [-0.2, 0) is 6.54 Å². The largest absolute Gasteiger partial charge is 0.384 e. The monoisotopic (exact) mass is 381 g/mol. The van der Waals surface area contributed by atoms with Crippen molar-refractivity contribution in [2.75, 3.05) is 25.5 Å². The summed E-state index contributed by atoms with van der Waals surface area (Å²) in [5, 5.41) is 3.62. The molecule has 4 nitrogen and oxygen atoms in total. The SMILES string of the molecule is Cc1cccc2c1NCCC1CCC(CN(C(=O)c3cccc(F)c3)C2)N1C. The summed E-state index contributed by atoms with van der Waals surface area (Å²) < 4.78 is 13.7. The topological polar surface area (TPSA) is 35.6 Å². The highest BCUT2D eigenvalue weighted by atomic mass is 19.1. The Hall–Kier alpha value is -2.40. The van der Waals surface area contributed by atoms with Gasteiger partial charge in [-0.3, -0.25) is 9.69 Å². The Labute approximate surface area is 166 Å². The molecule has 1 fully saturated rings. The molecule has 0 spiro atoms. The number of hydrogen-bond acceptors (Lipinski definition) is 3. The first-order valence-electron chi connectivity index (χ1n) is 10.1. The van der Waals surface area contributed by atoms with Gasteiger partial charge in [-0.05, 0) is 62.6 Å². The van der Waals surface area contributed by atoms with Crippen LogP contribution in [0, 0.1) is 12.7 Å². The molecule has 4 rings (SSSR count). The normalized spacial score (nSPS) is 22.9. The predicted molar refractivity (Wildman–Crippen MR) is 110 cm³/mol. The number of halogens is 1. The molecule has 1 saturated heterocycles. The molecule has 2 unspecified atom stereocenters. The molecule has 2 aliphatic heterocycles. The van der Waals surface area contributed by atoms with E-state index in [0.717, 1.165) is 37.1 Å². The summed E-state index contributed by atoms with van der Waals surface area (Å²) in [5.74, 6) is -0.484. The molecule has 2 bridgehead atoms. The van der Waals surface area contributed by atoms with E-state index in [1.807, 2.05) is 11.0 Å². The number of anilines is 1. The standard InChI is InChI=1S/C23H28FN3O/c1-16-5-3-7-18-14-27(23(28)17-6-4-8-19(24)13-17)15-21-10-9-20(26(21)2)11-12-25-22(16)18/h3-8,13,20-21,25H,9-12,14-15H2,1-2H3. The smallest absolute Gasteiger partial charge is 0.254 e. The second kappa shape index (κ2) is 7.92. The maximum atomic E-state index is 13.7. The third-order valence-electron chi connectivity index (χ3n) is 6.27. The van der Waals surface area contributed by atoms with Crippen molar-refractivity contribution in [3.05, 3.63) is 65.0 Å². The fourth-order valence-corrected chi connectivity index (χ4v) is 4.62. The van der Waals surface area contributed by atoms with E-state index < -0.39 is 0 Å². The van der Waals surface area contributed by atoms with Gasteiger partial charge in [0.25, 0.3) is 5.91 Å². The number of likely N-dealkylation sites (N-methyl/N-ethyl adjacent to an activating group) is 1. The first kappa shape index (κ1) is 18.9. The van der Waals surface area contributed by atoms with Crippen molar-refractivity contribution in [2.24, 2.45) is 0 Å². The van der Waals surface area contributed by atoms with Crippen LogP contribution in [-0.4, -0.2) is 47.9 Å². The average molecular weight is 381 g/mol. The number of nitrogens with one attached hydrogen (secondary N) is 1. The van der Waals surface area contributed by atoms with E-state index in [1.165, 1.54) is 17.7 Å². The number of para-hydroxylation sites is 1. The molecule has 1 N–H and O–H groups in total. The van der Waals surface area contributed by atoms with E-state index >= 15 is 0 Å². The Morgan fingerprint density at radius 2 is 1.89 bits per heavy atom. The zero-order chi connectivity index (χ0) is 19.7. The lowest BCUT2D eigenvalue weighted by Crippen LogP contribution is -2.43. The molecule has 148 valence electrons. The number of nitrogens with zero attached hydrogens (tertiary/aromatic N) is 2. The second-order valence-electron chi connectivity index (χ2n) is 8.07. The zero-order valence-corrected chi connectivity index (χ0v) is 16.6.